The van der Waals surface area contributed by atoms with Crippen LogP contribution in [0.2, 0.25) is 0 Å². The van der Waals surface area contributed by atoms with Crippen LogP contribution in [0.5, 0.6) is 0 Å². The fourth-order valence-corrected chi connectivity index (χ4v) is 0.977. The van der Waals surface area contributed by atoms with Crippen LogP contribution in [0.25, 0.3) is 0 Å². The molecule has 5 nitrogen and oxygen atoms in total. The quantitative estimate of drug-likeness (QED) is 0.654. The zero-order chi connectivity index (χ0) is 10.4. The highest BCUT2D eigenvalue weighted by molar-refractivity contribution is 5.92. The molecule has 0 unspecified atom stereocenters. The number of hydrogen-bond acceptors (Lipinski definition) is 4. The standard InChI is InChI=1S/C9H14N4O/c1-7-11-6-3-8(13-7)9(14)12-5-2-4-10/h3,6H,2,4-5,10H2,1H3,(H,12,14). The Morgan fingerprint density at radius 3 is 3.07 bits per heavy atom. The van der Waals surface area contributed by atoms with Crippen molar-refractivity contribution >= 4 is 5.91 Å². The molecule has 0 atom stereocenters. The van der Waals surface area contributed by atoms with Gasteiger partial charge in [0.1, 0.15) is 11.5 Å². The predicted octanol–water partition coefficient (Wildman–Crippen LogP) is -0.136. The maximum atomic E-state index is 11.4. The lowest BCUT2D eigenvalue weighted by Gasteiger charge is -2.03. The molecule has 0 fully saturated rings. The summed E-state index contributed by atoms with van der Waals surface area (Å²) in [6, 6.07) is 1.59. The summed E-state index contributed by atoms with van der Waals surface area (Å²) in [5, 5.41) is 2.72. The zero-order valence-electron chi connectivity index (χ0n) is 8.16. The van der Waals surface area contributed by atoms with Crippen molar-refractivity contribution in [3.05, 3.63) is 23.8 Å². The first-order chi connectivity index (χ1) is 6.74. The maximum absolute atomic E-state index is 11.4. The minimum atomic E-state index is -0.177. The minimum absolute atomic E-state index is 0.177. The Bertz CT molecular complexity index is 313. The van der Waals surface area contributed by atoms with Crippen molar-refractivity contribution in [2.75, 3.05) is 13.1 Å². The van der Waals surface area contributed by atoms with Gasteiger partial charge in [-0.2, -0.15) is 0 Å². The van der Waals surface area contributed by atoms with Crippen molar-refractivity contribution < 1.29 is 4.79 Å². The Morgan fingerprint density at radius 1 is 1.64 bits per heavy atom. The highest BCUT2D eigenvalue weighted by Gasteiger charge is 2.05. The molecule has 0 spiro atoms. The Labute approximate surface area is 82.7 Å². The number of aryl methyl sites for hydroxylation is 1. The van der Waals surface area contributed by atoms with Gasteiger partial charge in [0.2, 0.25) is 0 Å². The highest BCUT2D eigenvalue weighted by atomic mass is 16.1. The zero-order valence-corrected chi connectivity index (χ0v) is 8.16. The number of carbonyl (C=O) groups excluding carboxylic acids is 1. The molecule has 1 aromatic rings. The van der Waals surface area contributed by atoms with Crippen molar-refractivity contribution in [1.29, 1.82) is 0 Å². The molecule has 0 aromatic carbocycles. The van der Waals surface area contributed by atoms with E-state index < -0.39 is 0 Å². The number of amides is 1. The van der Waals surface area contributed by atoms with Crippen LogP contribution >= 0.6 is 0 Å². The van der Waals surface area contributed by atoms with E-state index in [9.17, 15) is 4.79 Å². The Balaban J connectivity index is 2.52. The summed E-state index contributed by atoms with van der Waals surface area (Å²) in [6.07, 6.45) is 2.34. The van der Waals surface area contributed by atoms with Gasteiger partial charge in [0.05, 0.1) is 0 Å². The fraction of sp³-hybridized carbons (Fsp3) is 0.444. The van der Waals surface area contributed by atoms with E-state index in [1.165, 1.54) is 0 Å². The van der Waals surface area contributed by atoms with E-state index in [1.54, 1.807) is 19.2 Å². The van der Waals surface area contributed by atoms with E-state index in [4.69, 9.17) is 5.73 Å². The molecular formula is C9H14N4O. The lowest BCUT2D eigenvalue weighted by Crippen LogP contribution is -2.26. The third-order valence-electron chi connectivity index (χ3n) is 1.68. The van der Waals surface area contributed by atoms with E-state index in [0.717, 1.165) is 6.42 Å². The van der Waals surface area contributed by atoms with Crippen molar-refractivity contribution in [3.8, 4) is 0 Å². The van der Waals surface area contributed by atoms with Crippen molar-refractivity contribution in [2.24, 2.45) is 5.73 Å². The topological polar surface area (TPSA) is 80.9 Å². The molecule has 0 saturated carbocycles. The number of aromatic nitrogens is 2. The molecule has 0 aliphatic rings. The van der Waals surface area contributed by atoms with Crippen molar-refractivity contribution in [2.45, 2.75) is 13.3 Å². The SMILES string of the molecule is Cc1nccc(C(=O)NCCCN)n1. The van der Waals surface area contributed by atoms with Crippen LogP contribution in [0.15, 0.2) is 12.3 Å². The number of nitrogens with one attached hydrogen (secondary N) is 1. The van der Waals surface area contributed by atoms with Gasteiger partial charge in [0, 0.05) is 12.7 Å². The summed E-state index contributed by atoms with van der Waals surface area (Å²) in [4.78, 5) is 19.3. The third kappa shape index (κ3) is 3.10. The Hall–Kier alpha value is -1.49. The summed E-state index contributed by atoms with van der Waals surface area (Å²) in [6.45, 7) is 2.90. The summed E-state index contributed by atoms with van der Waals surface area (Å²) in [7, 11) is 0. The maximum Gasteiger partial charge on any atom is 0.270 e. The van der Waals surface area contributed by atoms with Gasteiger partial charge in [-0.1, -0.05) is 0 Å². The average molecular weight is 194 g/mol. The summed E-state index contributed by atoms with van der Waals surface area (Å²) in [5.41, 5.74) is 5.70. The molecule has 14 heavy (non-hydrogen) atoms. The predicted molar refractivity (Wildman–Crippen MR) is 52.8 cm³/mol. The van der Waals surface area contributed by atoms with Crippen molar-refractivity contribution in [3.63, 3.8) is 0 Å². The first-order valence-corrected chi connectivity index (χ1v) is 4.52. The van der Waals surface area contributed by atoms with Crippen LogP contribution in [0.3, 0.4) is 0 Å². The highest BCUT2D eigenvalue weighted by Crippen LogP contribution is 1.94. The van der Waals surface area contributed by atoms with E-state index >= 15 is 0 Å². The van der Waals surface area contributed by atoms with E-state index in [-0.39, 0.29) is 5.91 Å². The Morgan fingerprint density at radius 2 is 2.43 bits per heavy atom. The smallest absolute Gasteiger partial charge is 0.270 e. The normalized spacial score (nSPS) is 9.86. The van der Waals surface area contributed by atoms with Gasteiger partial charge in [0.25, 0.3) is 5.91 Å². The fourth-order valence-electron chi connectivity index (χ4n) is 0.977. The number of nitrogens with zero attached hydrogens (tertiary/aromatic N) is 2. The molecule has 1 aromatic heterocycles. The number of rotatable bonds is 4. The van der Waals surface area contributed by atoms with Gasteiger partial charge >= 0.3 is 0 Å². The molecule has 76 valence electrons. The van der Waals surface area contributed by atoms with Crippen LogP contribution in [-0.4, -0.2) is 29.0 Å². The number of hydrogen-bond donors (Lipinski definition) is 2. The molecule has 0 bridgehead atoms. The molecule has 0 radical (unpaired) electrons. The van der Waals surface area contributed by atoms with Crippen LogP contribution in [0.4, 0.5) is 0 Å². The second-order valence-electron chi connectivity index (χ2n) is 2.89. The van der Waals surface area contributed by atoms with Gasteiger partial charge < -0.3 is 11.1 Å². The molecule has 1 amide bonds. The first kappa shape index (κ1) is 10.6. The third-order valence-corrected chi connectivity index (χ3v) is 1.68. The van der Waals surface area contributed by atoms with E-state index in [1.807, 2.05) is 0 Å². The van der Waals surface area contributed by atoms with Crippen LogP contribution in [0.1, 0.15) is 22.7 Å². The van der Waals surface area contributed by atoms with Gasteiger partial charge in [0.15, 0.2) is 0 Å². The van der Waals surface area contributed by atoms with Gasteiger partial charge in [-0.25, -0.2) is 9.97 Å². The van der Waals surface area contributed by atoms with Crippen LogP contribution in [0, 0.1) is 6.92 Å². The van der Waals surface area contributed by atoms with Crippen LogP contribution in [-0.2, 0) is 0 Å². The lowest BCUT2D eigenvalue weighted by molar-refractivity contribution is 0.0948. The molecule has 1 heterocycles. The molecular weight excluding hydrogens is 180 g/mol. The average Bonchev–Trinajstić information content (AvgIpc) is 2.18. The first-order valence-electron chi connectivity index (χ1n) is 4.52. The molecule has 5 heteroatoms. The van der Waals surface area contributed by atoms with Crippen molar-refractivity contribution in [1.82, 2.24) is 15.3 Å². The summed E-state index contributed by atoms with van der Waals surface area (Å²) >= 11 is 0. The van der Waals surface area contributed by atoms with Gasteiger partial charge in [-0.15, -0.1) is 0 Å². The Kier molecular flexibility index (Phi) is 4.00. The molecule has 1 rings (SSSR count). The lowest BCUT2D eigenvalue weighted by atomic mass is 10.3. The number of nitrogens with two attached hydrogens (primary N) is 1. The molecule has 0 aliphatic heterocycles. The second kappa shape index (κ2) is 5.29. The van der Waals surface area contributed by atoms with Crippen LogP contribution < -0.4 is 11.1 Å². The number of carbonyl (C=O) groups is 1. The monoisotopic (exact) mass is 194 g/mol. The van der Waals surface area contributed by atoms with E-state index in [0.29, 0.717) is 24.6 Å². The largest absolute Gasteiger partial charge is 0.351 e. The summed E-state index contributed by atoms with van der Waals surface area (Å²) in [5.74, 6) is 0.417. The summed E-state index contributed by atoms with van der Waals surface area (Å²) < 4.78 is 0. The minimum Gasteiger partial charge on any atom is -0.351 e. The van der Waals surface area contributed by atoms with Gasteiger partial charge in [-0.3, -0.25) is 4.79 Å². The molecule has 0 saturated heterocycles. The van der Waals surface area contributed by atoms with Gasteiger partial charge in [-0.05, 0) is 26.0 Å². The molecule has 0 aliphatic carbocycles. The second-order valence-corrected chi connectivity index (χ2v) is 2.89. The van der Waals surface area contributed by atoms with E-state index in [2.05, 4.69) is 15.3 Å². The molecule has 3 N–H and O–H groups in total.